The highest BCUT2D eigenvalue weighted by molar-refractivity contribution is 5.83. The molecule has 0 saturated carbocycles. The Morgan fingerprint density at radius 3 is 2.62 bits per heavy atom. The Morgan fingerprint density at radius 2 is 2.04 bits per heavy atom. The summed E-state index contributed by atoms with van der Waals surface area (Å²) in [5.74, 6) is 0.0305. The van der Waals surface area contributed by atoms with Gasteiger partial charge in [0, 0.05) is 12.7 Å². The van der Waals surface area contributed by atoms with Crippen molar-refractivity contribution in [1.29, 1.82) is 0 Å². The van der Waals surface area contributed by atoms with E-state index in [-0.39, 0.29) is 25.2 Å². The van der Waals surface area contributed by atoms with Crippen LogP contribution in [0.2, 0.25) is 0 Å². The number of aliphatic hydroxyl groups excluding tert-OH is 1. The number of fused-ring (bicyclic) bond motifs is 3. The molecule has 3 saturated heterocycles. The molecule has 3 fully saturated rings. The lowest BCUT2D eigenvalue weighted by Gasteiger charge is -2.45. The van der Waals surface area contributed by atoms with E-state index in [9.17, 15) is 9.90 Å². The average Bonchev–Trinajstić information content (AvgIpc) is 3.21. The average molecular weight is 356 g/mol. The van der Waals surface area contributed by atoms with Crippen LogP contribution in [-0.2, 0) is 21.5 Å². The van der Waals surface area contributed by atoms with Gasteiger partial charge in [-0.2, -0.15) is 0 Å². The molecule has 1 N–H and O–H groups in total. The second-order valence-corrected chi connectivity index (χ2v) is 7.29. The van der Waals surface area contributed by atoms with Gasteiger partial charge in [0.05, 0.1) is 19.3 Å². The van der Waals surface area contributed by atoms with Crippen LogP contribution in [0, 0.1) is 5.92 Å². The summed E-state index contributed by atoms with van der Waals surface area (Å²) >= 11 is 0. The zero-order chi connectivity index (χ0) is 18.0. The first-order valence-electron chi connectivity index (χ1n) is 9.15. The minimum atomic E-state index is -1.19. The standard InChI is InChI=1S/C19H24N4O3/c24-14-19(13-23-11-8-20-21-23,16-4-2-1-3-5-16)18(25)26-17-12-22-9-6-15(17)7-10-22/h1-5,8,11,15,17,24H,6-7,9-10,12-14H2. The molecule has 26 heavy (non-hydrogen) atoms. The Morgan fingerprint density at radius 1 is 1.27 bits per heavy atom. The zero-order valence-corrected chi connectivity index (χ0v) is 14.7. The minimum absolute atomic E-state index is 0.101. The van der Waals surface area contributed by atoms with Crippen molar-refractivity contribution in [2.75, 3.05) is 26.2 Å². The largest absolute Gasteiger partial charge is 0.460 e. The molecule has 2 unspecified atom stereocenters. The highest BCUT2D eigenvalue weighted by atomic mass is 16.5. The van der Waals surface area contributed by atoms with Crippen molar-refractivity contribution < 1.29 is 14.6 Å². The molecule has 5 rings (SSSR count). The quantitative estimate of drug-likeness (QED) is 0.773. The Kier molecular flexibility index (Phi) is 4.74. The van der Waals surface area contributed by atoms with Gasteiger partial charge in [0.2, 0.25) is 0 Å². The normalized spacial score (nSPS) is 27.0. The number of benzene rings is 1. The molecule has 7 nitrogen and oxygen atoms in total. The fourth-order valence-corrected chi connectivity index (χ4v) is 4.12. The van der Waals surface area contributed by atoms with Gasteiger partial charge in [-0.15, -0.1) is 5.10 Å². The number of hydrogen-bond acceptors (Lipinski definition) is 6. The number of hydrogen-bond donors (Lipinski definition) is 1. The molecule has 2 atom stereocenters. The summed E-state index contributed by atoms with van der Waals surface area (Å²) < 4.78 is 7.55. The van der Waals surface area contributed by atoms with Crippen molar-refractivity contribution >= 4 is 5.97 Å². The monoisotopic (exact) mass is 356 g/mol. The molecule has 0 aliphatic carbocycles. The molecule has 1 aromatic carbocycles. The molecule has 3 aliphatic heterocycles. The van der Waals surface area contributed by atoms with Crippen molar-refractivity contribution in [3.8, 4) is 0 Å². The van der Waals surface area contributed by atoms with Gasteiger partial charge in [0.1, 0.15) is 11.5 Å². The summed E-state index contributed by atoms with van der Waals surface area (Å²) in [6, 6.07) is 9.32. The van der Waals surface area contributed by atoms with Crippen molar-refractivity contribution in [3.63, 3.8) is 0 Å². The number of carbonyl (C=O) groups is 1. The minimum Gasteiger partial charge on any atom is -0.460 e. The number of carbonyl (C=O) groups excluding carboxylic acids is 1. The van der Waals surface area contributed by atoms with Gasteiger partial charge in [0.25, 0.3) is 0 Å². The summed E-state index contributed by atoms with van der Waals surface area (Å²) in [6.07, 6.45) is 5.29. The van der Waals surface area contributed by atoms with E-state index in [1.807, 2.05) is 30.3 Å². The summed E-state index contributed by atoms with van der Waals surface area (Å²) in [7, 11) is 0. The molecular formula is C19H24N4O3. The van der Waals surface area contributed by atoms with Crippen molar-refractivity contribution in [3.05, 3.63) is 48.3 Å². The molecule has 1 aromatic heterocycles. The molecule has 138 valence electrons. The second-order valence-electron chi connectivity index (χ2n) is 7.29. The van der Waals surface area contributed by atoms with Crippen LogP contribution in [0.25, 0.3) is 0 Å². The number of ether oxygens (including phenoxy) is 1. The van der Waals surface area contributed by atoms with Crippen molar-refractivity contribution in [2.45, 2.75) is 30.9 Å². The summed E-state index contributed by atoms with van der Waals surface area (Å²) in [5.41, 5.74) is -0.467. The molecule has 4 heterocycles. The molecule has 7 heteroatoms. The Balaban J connectivity index is 1.62. The van der Waals surface area contributed by atoms with Crippen LogP contribution in [0.3, 0.4) is 0 Å². The second kappa shape index (κ2) is 7.17. The van der Waals surface area contributed by atoms with Gasteiger partial charge in [-0.25, -0.2) is 0 Å². The number of rotatable bonds is 6. The fraction of sp³-hybridized carbons (Fsp3) is 0.526. The van der Waals surface area contributed by atoms with E-state index in [0.717, 1.165) is 38.0 Å². The maximum atomic E-state index is 13.3. The number of aliphatic hydroxyl groups is 1. The van der Waals surface area contributed by atoms with Crippen LogP contribution in [0.15, 0.2) is 42.7 Å². The third kappa shape index (κ3) is 3.12. The van der Waals surface area contributed by atoms with E-state index in [2.05, 4.69) is 15.2 Å². The Bertz CT molecular complexity index is 729. The van der Waals surface area contributed by atoms with Crippen LogP contribution < -0.4 is 0 Å². The summed E-state index contributed by atoms with van der Waals surface area (Å²) in [6.45, 7) is 2.79. The van der Waals surface area contributed by atoms with Crippen molar-refractivity contribution in [2.24, 2.45) is 5.92 Å². The molecule has 3 aliphatic rings. The molecule has 0 radical (unpaired) electrons. The highest BCUT2D eigenvalue weighted by Gasteiger charge is 2.45. The molecule has 0 spiro atoms. The van der Waals surface area contributed by atoms with Gasteiger partial charge in [-0.3, -0.25) is 14.4 Å². The molecule has 2 aromatic rings. The lowest BCUT2D eigenvalue weighted by molar-refractivity contribution is -0.168. The van der Waals surface area contributed by atoms with E-state index < -0.39 is 5.41 Å². The fourth-order valence-electron chi connectivity index (χ4n) is 4.12. The lowest BCUT2D eigenvalue weighted by Crippen LogP contribution is -2.54. The van der Waals surface area contributed by atoms with Crippen LogP contribution in [0.4, 0.5) is 0 Å². The van der Waals surface area contributed by atoms with Crippen LogP contribution >= 0.6 is 0 Å². The first-order chi connectivity index (χ1) is 12.7. The third-order valence-corrected chi connectivity index (χ3v) is 5.75. The van der Waals surface area contributed by atoms with Crippen LogP contribution in [0.1, 0.15) is 18.4 Å². The van der Waals surface area contributed by atoms with Crippen molar-refractivity contribution in [1.82, 2.24) is 19.9 Å². The van der Waals surface area contributed by atoms with Gasteiger partial charge in [-0.1, -0.05) is 35.5 Å². The van der Waals surface area contributed by atoms with E-state index >= 15 is 0 Å². The van der Waals surface area contributed by atoms with Crippen LogP contribution in [0.5, 0.6) is 0 Å². The maximum absolute atomic E-state index is 13.3. The smallest absolute Gasteiger partial charge is 0.321 e. The first kappa shape index (κ1) is 17.2. The van der Waals surface area contributed by atoms with E-state index in [4.69, 9.17) is 4.74 Å². The Hall–Kier alpha value is -2.25. The van der Waals surface area contributed by atoms with E-state index in [1.54, 1.807) is 17.1 Å². The number of aromatic nitrogens is 3. The summed E-state index contributed by atoms with van der Waals surface area (Å²) in [4.78, 5) is 15.7. The van der Waals surface area contributed by atoms with Crippen LogP contribution in [-0.4, -0.2) is 63.3 Å². The molecule has 0 amide bonds. The topological polar surface area (TPSA) is 80.5 Å². The maximum Gasteiger partial charge on any atom is 0.321 e. The molecule has 2 bridgehead atoms. The number of piperidine rings is 3. The lowest BCUT2D eigenvalue weighted by atomic mass is 9.80. The Labute approximate surface area is 152 Å². The number of esters is 1. The number of nitrogens with zero attached hydrogens (tertiary/aromatic N) is 4. The van der Waals surface area contributed by atoms with Gasteiger partial charge < -0.3 is 9.84 Å². The van der Waals surface area contributed by atoms with Gasteiger partial charge in [-0.05, 0) is 37.4 Å². The summed E-state index contributed by atoms with van der Waals surface area (Å²) in [5, 5.41) is 18.1. The SMILES string of the molecule is O=C(OC1CN2CCC1CC2)C(CO)(Cn1ccnn1)c1ccccc1. The van der Waals surface area contributed by atoms with Gasteiger partial charge in [0.15, 0.2) is 0 Å². The predicted octanol–water partition coefficient (Wildman–Crippen LogP) is 0.846. The first-order valence-corrected chi connectivity index (χ1v) is 9.15. The third-order valence-electron chi connectivity index (χ3n) is 5.75. The predicted molar refractivity (Wildman–Crippen MR) is 94.3 cm³/mol. The van der Waals surface area contributed by atoms with E-state index in [0.29, 0.717) is 5.92 Å². The highest BCUT2D eigenvalue weighted by Crippen LogP contribution is 2.33. The van der Waals surface area contributed by atoms with E-state index in [1.165, 1.54) is 0 Å². The van der Waals surface area contributed by atoms with Gasteiger partial charge >= 0.3 is 5.97 Å². The zero-order valence-electron chi connectivity index (χ0n) is 14.7. The molecular weight excluding hydrogens is 332 g/mol.